The largest absolute Gasteiger partial charge is 0.467 e. The maximum Gasteiger partial charge on any atom is 0.328 e. The topological polar surface area (TPSA) is 110 Å². The number of ether oxygens (including phenoxy) is 2. The lowest BCUT2D eigenvalue weighted by molar-refractivity contribution is -0.143. The van der Waals surface area contributed by atoms with Crippen LogP contribution < -0.4 is 10.6 Å². The van der Waals surface area contributed by atoms with E-state index in [4.69, 9.17) is 9.47 Å². The van der Waals surface area contributed by atoms with Gasteiger partial charge >= 0.3 is 12.0 Å². The van der Waals surface area contributed by atoms with Gasteiger partial charge in [0, 0.05) is 37.9 Å². The first-order chi connectivity index (χ1) is 16.3. The molecule has 0 aromatic carbocycles. The standard InChI is InChI=1S/C25H40N4O5/c1-6-14-34-15-11-26-23(30)20-8-7-18(4)27-22(20)19-9-12-29(13-10-19)25(32)28-21(16-17(2)3)24(31)33-5/h7-8,17,19,21H,6,9-16H2,1-5H3,(H,26,30)(H,28,32)/t21-/m0/s1. The van der Waals surface area contributed by atoms with Gasteiger partial charge in [0.1, 0.15) is 6.04 Å². The average molecular weight is 477 g/mol. The van der Waals surface area contributed by atoms with Crippen LogP contribution in [0, 0.1) is 12.8 Å². The highest BCUT2D eigenvalue weighted by Gasteiger charge is 2.30. The van der Waals surface area contributed by atoms with Gasteiger partial charge in [-0.3, -0.25) is 9.78 Å². The van der Waals surface area contributed by atoms with Gasteiger partial charge in [0.15, 0.2) is 0 Å². The number of likely N-dealkylation sites (tertiary alicyclic amines) is 1. The number of hydrogen-bond donors (Lipinski definition) is 2. The van der Waals surface area contributed by atoms with Crippen molar-refractivity contribution in [1.29, 1.82) is 0 Å². The van der Waals surface area contributed by atoms with Crippen molar-refractivity contribution < 1.29 is 23.9 Å². The van der Waals surface area contributed by atoms with Gasteiger partial charge in [-0.15, -0.1) is 0 Å². The van der Waals surface area contributed by atoms with Gasteiger partial charge in [0.2, 0.25) is 0 Å². The molecule has 2 N–H and O–H groups in total. The number of carbonyl (C=O) groups excluding carboxylic acids is 3. The minimum Gasteiger partial charge on any atom is -0.467 e. The lowest BCUT2D eigenvalue weighted by atomic mass is 9.90. The Bertz CT molecular complexity index is 822. The molecule has 0 radical (unpaired) electrons. The van der Waals surface area contributed by atoms with E-state index in [1.165, 1.54) is 7.11 Å². The van der Waals surface area contributed by atoms with Crippen LogP contribution in [0.1, 0.15) is 74.1 Å². The van der Waals surface area contributed by atoms with E-state index in [9.17, 15) is 14.4 Å². The monoisotopic (exact) mass is 476 g/mol. The molecule has 3 amide bonds. The van der Waals surface area contributed by atoms with Gasteiger partial charge < -0.3 is 25.0 Å². The number of rotatable bonds is 11. The fourth-order valence-electron chi connectivity index (χ4n) is 4.08. The minimum absolute atomic E-state index is 0.0770. The summed E-state index contributed by atoms with van der Waals surface area (Å²) in [4.78, 5) is 44.1. The summed E-state index contributed by atoms with van der Waals surface area (Å²) in [5, 5.41) is 5.74. The molecule has 9 nitrogen and oxygen atoms in total. The number of methoxy groups -OCH3 is 1. The Morgan fingerprint density at radius 1 is 1.18 bits per heavy atom. The van der Waals surface area contributed by atoms with Gasteiger partial charge in [-0.2, -0.15) is 0 Å². The number of nitrogens with zero attached hydrogens (tertiary/aromatic N) is 2. The normalized spacial score (nSPS) is 15.2. The van der Waals surface area contributed by atoms with Crippen LogP contribution in [0.2, 0.25) is 0 Å². The third-order valence-electron chi connectivity index (χ3n) is 5.85. The summed E-state index contributed by atoms with van der Waals surface area (Å²) < 4.78 is 10.3. The second kappa shape index (κ2) is 13.9. The van der Waals surface area contributed by atoms with E-state index >= 15 is 0 Å². The molecule has 1 aliphatic rings. The highest BCUT2D eigenvalue weighted by molar-refractivity contribution is 5.95. The molecule has 1 aliphatic heterocycles. The first-order valence-electron chi connectivity index (χ1n) is 12.2. The van der Waals surface area contributed by atoms with Crippen molar-refractivity contribution in [2.75, 3.05) is 40.0 Å². The summed E-state index contributed by atoms with van der Waals surface area (Å²) in [6.45, 7) is 10.6. The van der Waals surface area contributed by atoms with Crippen molar-refractivity contribution in [3.05, 3.63) is 29.1 Å². The molecule has 0 saturated carbocycles. The minimum atomic E-state index is -0.662. The van der Waals surface area contributed by atoms with Crippen molar-refractivity contribution in [3.8, 4) is 0 Å². The highest BCUT2D eigenvalue weighted by atomic mass is 16.5. The number of esters is 1. The molecule has 1 fully saturated rings. The number of hydrogen-bond acceptors (Lipinski definition) is 6. The van der Waals surface area contributed by atoms with Gasteiger partial charge in [-0.1, -0.05) is 20.8 Å². The first kappa shape index (κ1) is 27.6. The smallest absolute Gasteiger partial charge is 0.328 e. The van der Waals surface area contributed by atoms with Crippen molar-refractivity contribution in [2.45, 2.75) is 65.3 Å². The molecule has 2 heterocycles. The van der Waals surface area contributed by atoms with E-state index in [1.54, 1.807) is 4.90 Å². The zero-order chi connectivity index (χ0) is 25.1. The molecule has 2 rings (SSSR count). The van der Waals surface area contributed by atoms with Crippen molar-refractivity contribution in [2.24, 2.45) is 5.92 Å². The van der Waals surface area contributed by atoms with Gasteiger partial charge in [-0.05, 0) is 50.7 Å². The molecule has 1 saturated heterocycles. The Balaban J connectivity index is 1.98. The zero-order valence-corrected chi connectivity index (χ0v) is 21.2. The Kier molecular flexibility index (Phi) is 11.3. The first-order valence-corrected chi connectivity index (χ1v) is 12.2. The number of aromatic nitrogens is 1. The Morgan fingerprint density at radius 2 is 1.88 bits per heavy atom. The highest BCUT2D eigenvalue weighted by Crippen LogP contribution is 2.29. The number of pyridine rings is 1. The van der Waals surface area contributed by atoms with Crippen LogP contribution in [0.3, 0.4) is 0 Å². The van der Waals surface area contributed by atoms with Gasteiger partial charge in [0.05, 0.1) is 25.0 Å². The summed E-state index contributed by atoms with van der Waals surface area (Å²) in [5.41, 5.74) is 2.21. The van der Waals surface area contributed by atoms with E-state index in [0.29, 0.717) is 57.7 Å². The number of aryl methyl sites for hydroxylation is 1. The second-order valence-corrected chi connectivity index (χ2v) is 9.17. The van der Waals surface area contributed by atoms with E-state index in [1.807, 2.05) is 39.8 Å². The molecule has 0 unspecified atom stereocenters. The number of piperidine rings is 1. The van der Waals surface area contributed by atoms with Crippen molar-refractivity contribution >= 4 is 17.9 Å². The van der Waals surface area contributed by atoms with Crippen LogP contribution in [0.4, 0.5) is 4.79 Å². The van der Waals surface area contributed by atoms with Crippen molar-refractivity contribution in [3.63, 3.8) is 0 Å². The van der Waals surface area contributed by atoms with Crippen LogP contribution in [-0.4, -0.2) is 73.8 Å². The lowest BCUT2D eigenvalue weighted by Gasteiger charge is -2.33. The fourth-order valence-corrected chi connectivity index (χ4v) is 4.08. The Labute approximate surface area is 203 Å². The molecule has 190 valence electrons. The molecule has 9 heteroatoms. The van der Waals surface area contributed by atoms with Gasteiger partial charge in [-0.25, -0.2) is 9.59 Å². The van der Waals surface area contributed by atoms with Crippen LogP contribution in [0.25, 0.3) is 0 Å². The predicted octanol–water partition coefficient (Wildman–Crippen LogP) is 3.02. The maximum atomic E-state index is 12.8. The maximum absolute atomic E-state index is 12.8. The number of nitrogens with one attached hydrogen (secondary N) is 2. The molecular formula is C25H40N4O5. The number of carbonyl (C=O) groups is 3. The zero-order valence-electron chi connectivity index (χ0n) is 21.2. The van der Waals surface area contributed by atoms with E-state index in [0.717, 1.165) is 17.8 Å². The third-order valence-corrected chi connectivity index (χ3v) is 5.85. The summed E-state index contributed by atoms with van der Waals surface area (Å²) in [7, 11) is 1.33. The summed E-state index contributed by atoms with van der Waals surface area (Å²) >= 11 is 0. The van der Waals surface area contributed by atoms with Gasteiger partial charge in [0.25, 0.3) is 5.91 Å². The lowest BCUT2D eigenvalue weighted by Crippen LogP contribution is -2.50. The molecule has 1 aromatic rings. The summed E-state index contributed by atoms with van der Waals surface area (Å²) in [6.07, 6.45) is 2.84. The fraction of sp³-hybridized carbons (Fsp3) is 0.680. The predicted molar refractivity (Wildman–Crippen MR) is 130 cm³/mol. The van der Waals surface area contributed by atoms with Crippen molar-refractivity contribution in [1.82, 2.24) is 20.5 Å². The molecule has 0 aliphatic carbocycles. The quantitative estimate of drug-likeness (QED) is 0.375. The van der Waals surface area contributed by atoms with E-state index in [2.05, 4.69) is 15.6 Å². The number of amides is 3. The van der Waals surface area contributed by atoms with Crippen LogP contribution in [0.5, 0.6) is 0 Å². The molecule has 1 aromatic heterocycles. The summed E-state index contributed by atoms with van der Waals surface area (Å²) in [6, 6.07) is 2.74. The third kappa shape index (κ3) is 8.27. The van der Waals surface area contributed by atoms with E-state index in [-0.39, 0.29) is 23.8 Å². The van der Waals surface area contributed by atoms with E-state index < -0.39 is 12.0 Å². The molecule has 0 spiro atoms. The number of urea groups is 1. The molecular weight excluding hydrogens is 436 g/mol. The average Bonchev–Trinajstić information content (AvgIpc) is 2.82. The Morgan fingerprint density at radius 3 is 2.50 bits per heavy atom. The molecule has 34 heavy (non-hydrogen) atoms. The molecule has 1 atom stereocenters. The Hall–Kier alpha value is -2.68. The molecule has 0 bridgehead atoms. The SMILES string of the molecule is CCCOCCNC(=O)c1ccc(C)nc1C1CCN(C(=O)N[C@@H](CC(C)C)C(=O)OC)CC1. The van der Waals surface area contributed by atoms with Crippen LogP contribution in [0.15, 0.2) is 12.1 Å². The summed E-state index contributed by atoms with van der Waals surface area (Å²) in [5.74, 6) is -0.271. The van der Waals surface area contributed by atoms with Crippen LogP contribution >= 0.6 is 0 Å². The second-order valence-electron chi connectivity index (χ2n) is 9.17. The van der Waals surface area contributed by atoms with Crippen LogP contribution in [-0.2, 0) is 14.3 Å².